The maximum Gasteiger partial charge on any atom is 0.322 e. The smallest absolute Gasteiger partial charge is 0.322 e. The predicted octanol–water partition coefficient (Wildman–Crippen LogP) is 0.636. The van der Waals surface area contributed by atoms with Crippen LogP contribution < -0.4 is 16.2 Å². The van der Waals surface area contributed by atoms with Crippen LogP contribution in [0.25, 0.3) is 0 Å². The molecule has 94 valence electrons. The van der Waals surface area contributed by atoms with Crippen LogP contribution in [0, 0.1) is 5.82 Å². The molecule has 17 heavy (non-hydrogen) atoms. The molecule has 0 bridgehead atoms. The minimum absolute atomic E-state index is 0.104. The van der Waals surface area contributed by atoms with Crippen molar-refractivity contribution in [2.45, 2.75) is 19.0 Å². The van der Waals surface area contributed by atoms with Crippen molar-refractivity contribution in [3.63, 3.8) is 0 Å². The van der Waals surface area contributed by atoms with E-state index < -0.39 is 23.9 Å². The Bertz CT molecular complexity index is 412. The number of ether oxygens (including phenoxy) is 1. The fourth-order valence-corrected chi connectivity index (χ4v) is 1.36. The number of aliphatic carboxylic acids is 1. The van der Waals surface area contributed by atoms with Gasteiger partial charge >= 0.3 is 5.97 Å². The molecule has 0 radical (unpaired) electrons. The van der Waals surface area contributed by atoms with Crippen molar-refractivity contribution < 1.29 is 19.0 Å². The number of hydrogen-bond donors (Lipinski definition) is 3. The fraction of sp³-hybridized carbons (Fsp3) is 0.364. The second-order valence-corrected chi connectivity index (χ2v) is 3.51. The molecule has 2 unspecified atom stereocenters. The number of carboxylic acids is 1. The molecule has 1 aromatic carbocycles. The highest BCUT2D eigenvalue weighted by Crippen LogP contribution is 2.22. The number of nitrogens with two attached hydrogens (primary N) is 2. The van der Waals surface area contributed by atoms with Gasteiger partial charge in [-0.25, -0.2) is 4.39 Å². The highest BCUT2D eigenvalue weighted by Gasteiger charge is 2.22. The van der Waals surface area contributed by atoms with Gasteiger partial charge in [-0.2, -0.15) is 0 Å². The Kier molecular flexibility index (Phi) is 4.42. The standard InChI is InChI=1S/C11H15FN2O3/c1-2-17-8-4-3-6(5-7(8)12)9(13)10(14)11(15)16/h3-5,9-10H,2,13-14H2,1H3,(H,15,16). The van der Waals surface area contributed by atoms with Crippen molar-refractivity contribution in [3.05, 3.63) is 29.6 Å². The van der Waals surface area contributed by atoms with Crippen LogP contribution >= 0.6 is 0 Å². The first-order valence-corrected chi connectivity index (χ1v) is 5.13. The van der Waals surface area contributed by atoms with E-state index in [0.29, 0.717) is 12.2 Å². The Hall–Kier alpha value is -1.66. The van der Waals surface area contributed by atoms with Crippen molar-refractivity contribution in [2.75, 3.05) is 6.61 Å². The molecule has 5 N–H and O–H groups in total. The summed E-state index contributed by atoms with van der Waals surface area (Å²) in [5.41, 5.74) is 11.3. The molecular formula is C11H15FN2O3. The molecule has 0 amide bonds. The summed E-state index contributed by atoms with van der Waals surface area (Å²) in [7, 11) is 0. The highest BCUT2D eigenvalue weighted by atomic mass is 19.1. The number of carboxylic acid groups (broad SMARTS) is 1. The van der Waals surface area contributed by atoms with E-state index in [-0.39, 0.29) is 5.75 Å². The zero-order valence-electron chi connectivity index (χ0n) is 9.39. The normalized spacial score (nSPS) is 14.1. The van der Waals surface area contributed by atoms with Crippen LogP contribution in [-0.4, -0.2) is 23.7 Å². The zero-order valence-corrected chi connectivity index (χ0v) is 9.39. The van der Waals surface area contributed by atoms with Crippen LogP contribution in [0.5, 0.6) is 5.75 Å². The molecule has 0 aromatic heterocycles. The van der Waals surface area contributed by atoms with Crippen molar-refractivity contribution in [2.24, 2.45) is 11.5 Å². The summed E-state index contributed by atoms with van der Waals surface area (Å²) in [5, 5.41) is 8.70. The molecule has 0 aliphatic rings. The summed E-state index contributed by atoms with van der Waals surface area (Å²) in [6.07, 6.45) is 0. The van der Waals surface area contributed by atoms with Gasteiger partial charge in [0.05, 0.1) is 12.6 Å². The Morgan fingerprint density at radius 1 is 1.53 bits per heavy atom. The first-order chi connectivity index (χ1) is 7.97. The number of hydrogen-bond acceptors (Lipinski definition) is 4. The number of benzene rings is 1. The monoisotopic (exact) mass is 242 g/mol. The van der Waals surface area contributed by atoms with E-state index in [0.717, 1.165) is 6.07 Å². The summed E-state index contributed by atoms with van der Waals surface area (Å²) < 4.78 is 18.5. The molecule has 0 fully saturated rings. The Morgan fingerprint density at radius 3 is 2.65 bits per heavy atom. The highest BCUT2D eigenvalue weighted by molar-refractivity contribution is 5.74. The van der Waals surface area contributed by atoms with Gasteiger partial charge in [0.15, 0.2) is 11.6 Å². The third-order valence-electron chi connectivity index (χ3n) is 2.31. The molecule has 0 aliphatic carbocycles. The lowest BCUT2D eigenvalue weighted by molar-refractivity contribution is -0.139. The SMILES string of the molecule is CCOc1ccc(C(N)C(N)C(=O)O)cc1F. The Labute approximate surface area is 98.2 Å². The molecule has 0 saturated carbocycles. The van der Waals surface area contributed by atoms with Gasteiger partial charge in [-0.15, -0.1) is 0 Å². The maximum atomic E-state index is 13.5. The quantitative estimate of drug-likeness (QED) is 0.703. The first kappa shape index (κ1) is 13.4. The largest absolute Gasteiger partial charge is 0.491 e. The van der Waals surface area contributed by atoms with Crippen LogP contribution in [0.1, 0.15) is 18.5 Å². The molecule has 0 heterocycles. The van der Waals surface area contributed by atoms with E-state index in [1.165, 1.54) is 12.1 Å². The number of carbonyl (C=O) groups is 1. The number of rotatable bonds is 5. The van der Waals surface area contributed by atoms with Gasteiger partial charge in [0.2, 0.25) is 0 Å². The molecule has 1 aromatic rings. The molecule has 0 spiro atoms. The van der Waals surface area contributed by atoms with Gasteiger partial charge in [-0.1, -0.05) is 6.07 Å². The van der Waals surface area contributed by atoms with Crippen LogP contribution in [0.15, 0.2) is 18.2 Å². The second-order valence-electron chi connectivity index (χ2n) is 3.51. The minimum atomic E-state index is -1.27. The zero-order chi connectivity index (χ0) is 13.0. The lowest BCUT2D eigenvalue weighted by Gasteiger charge is -2.17. The van der Waals surface area contributed by atoms with Gasteiger partial charge in [0.1, 0.15) is 6.04 Å². The summed E-state index contributed by atoms with van der Waals surface area (Å²) in [6, 6.07) is 1.81. The topological polar surface area (TPSA) is 98.6 Å². The first-order valence-electron chi connectivity index (χ1n) is 5.13. The molecule has 0 saturated heterocycles. The molecule has 1 rings (SSSR count). The average Bonchev–Trinajstić information content (AvgIpc) is 2.30. The van der Waals surface area contributed by atoms with E-state index in [9.17, 15) is 9.18 Å². The summed E-state index contributed by atoms with van der Waals surface area (Å²) in [5.74, 6) is -1.71. The predicted molar refractivity (Wildman–Crippen MR) is 60.1 cm³/mol. The molecular weight excluding hydrogens is 227 g/mol. The third-order valence-corrected chi connectivity index (χ3v) is 2.31. The van der Waals surface area contributed by atoms with Crippen molar-refractivity contribution in [3.8, 4) is 5.75 Å². The Balaban J connectivity index is 2.93. The van der Waals surface area contributed by atoms with E-state index in [2.05, 4.69) is 0 Å². The van der Waals surface area contributed by atoms with E-state index in [4.69, 9.17) is 21.3 Å². The van der Waals surface area contributed by atoms with Crippen LogP contribution in [0.4, 0.5) is 4.39 Å². The van der Waals surface area contributed by atoms with E-state index in [1.807, 2.05) is 0 Å². The van der Waals surface area contributed by atoms with Crippen molar-refractivity contribution >= 4 is 5.97 Å². The number of halogens is 1. The fourth-order valence-electron chi connectivity index (χ4n) is 1.36. The van der Waals surface area contributed by atoms with E-state index in [1.54, 1.807) is 6.92 Å². The van der Waals surface area contributed by atoms with E-state index >= 15 is 0 Å². The lowest BCUT2D eigenvalue weighted by atomic mass is 10.0. The second kappa shape index (κ2) is 5.60. The van der Waals surface area contributed by atoms with Gasteiger partial charge in [0, 0.05) is 0 Å². The lowest BCUT2D eigenvalue weighted by Crippen LogP contribution is -2.40. The van der Waals surface area contributed by atoms with Gasteiger partial charge in [-0.3, -0.25) is 4.79 Å². The summed E-state index contributed by atoms with van der Waals surface area (Å²) in [6.45, 7) is 2.08. The third kappa shape index (κ3) is 3.15. The van der Waals surface area contributed by atoms with Crippen molar-refractivity contribution in [1.82, 2.24) is 0 Å². The molecule has 5 nitrogen and oxygen atoms in total. The molecule has 0 aliphatic heterocycles. The summed E-state index contributed by atoms with van der Waals surface area (Å²) in [4.78, 5) is 10.6. The average molecular weight is 242 g/mol. The molecule has 6 heteroatoms. The van der Waals surface area contributed by atoms with Gasteiger partial charge < -0.3 is 21.3 Å². The maximum absolute atomic E-state index is 13.5. The minimum Gasteiger partial charge on any atom is -0.491 e. The van der Waals surface area contributed by atoms with Crippen LogP contribution in [0.3, 0.4) is 0 Å². The Morgan fingerprint density at radius 2 is 2.18 bits per heavy atom. The van der Waals surface area contributed by atoms with Gasteiger partial charge in [0.25, 0.3) is 0 Å². The van der Waals surface area contributed by atoms with Crippen molar-refractivity contribution in [1.29, 1.82) is 0 Å². The van der Waals surface area contributed by atoms with Gasteiger partial charge in [-0.05, 0) is 24.6 Å². The van der Waals surface area contributed by atoms with Crippen LogP contribution in [0.2, 0.25) is 0 Å². The van der Waals surface area contributed by atoms with Crippen LogP contribution in [-0.2, 0) is 4.79 Å². The molecule has 2 atom stereocenters. The summed E-state index contributed by atoms with van der Waals surface area (Å²) >= 11 is 0.